The molecule has 0 radical (unpaired) electrons. The summed E-state index contributed by atoms with van der Waals surface area (Å²) in [5.41, 5.74) is 1.51. The number of nitrogens with zero attached hydrogens (tertiary/aromatic N) is 1. The maximum absolute atomic E-state index is 13.8. The number of carbonyl (C=O) groups excluding carboxylic acids is 2. The van der Waals surface area contributed by atoms with Gasteiger partial charge in [-0.2, -0.15) is 0 Å². The third kappa shape index (κ3) is 4.62. The third-order valence-corrected chi connectivity index (χ3v) is 5.77. The first-order valence-electron chi connectivity index (χ1n) is 11.2. The minimum absolute atomic E-state index is 0.0222. The van der Waals surface area contributed by atoms with Crippen molar-refractivity contribution in [2.45, 2.75) is 32.9 Å². The predicted molar refractivity (Wildman–Crippen MR) is 131 cm³/mol. The smallest absolute Gasteiger partial charge is 0.300 e. The molecule has 1 aliphatic rings. The van der Waals surface area contributed by atoms with Gasteiger partial charge in [0.25, 0.3) is 11.7 Å². The molecule has 0 saturated carbocycles. The van der Waals surface area contributed by atoms with Crippen LogP contribution in [0.25, 0.3) is 5.76 Å². The monoisotopic (exact) mass is 475 g/mol. The zero-order chi connectivity index (χ0) is 25.3. The maximum atomic E-state index is 13.8. The van der Waals surface area contributed by atoms with Crippen LogP contribution in [0.15, 0.2) is 72.3 Å². The summed E-state index contributed by atoms with van der Waals surface area (Å²) in [5.74, 6) is -1.27. The molecule has 7 heteroatoms. The number of ketones is 1. The molecule has 0 aromatic heterocycles. The summed E-state index contributed by atoms with van der Waals surface area (Å²) in [5, 5.41) is 11.2. The van der Waals surface area contributed by atoms with Crippen molar-refractivity contribution in [2.24, 2.45) is 0 Å². The number of Topliss-reactive ketones (excluding diaryl/α,β-unsaturated/α-hetero) is 1. The first-order chi connectivity index (χ1) is 16.7. The fourth-order valence-electron chi connectivity index (χ4n) is 4.13. The molecule has 1 heterocycles. The van der Waals surface area contributed by atoms with Gasteiger partial charge in [-0.1, -0.05) is 12.1 Å². The summed E-state index contributed by atoms with van der Waals surface area (Å²) >= 11 is 0. The lowest BCUT2D eigenvalue weighted by Crippen LogP contribution is -2.29. The molecular formula is C28H26FNO5. The maximum Gasteiger partial charge on any atom is 0.300 e. The summed E-state index contributed by atoms with van der Waals surface area (Å²) < 4.78 is 24.9. The molecule has 0 bridgehead atoms. The molecule has 35 heavy (non-hydrogen) atoms. The van der Waals surface area contributed by atoms with Gasteiger partial charge < -0.3 is 14.6 Å². The highest BCUT2D eigenvalue weighted by Gasteiger charge is 2.47. The van der Waals surface area contributed by atoms with Gasteiger partial charge in [-0.25, -0.2) is 4.39 Å². The normalized spacial score (nSPS) is 17.2. The van der Waals surface area contributed by atoms with Gasteiger partial charge in [-0.3, -0.25) is 14.5 Å². The highest BCUT2D eigenvalue weighted by Crippen LogP contribution is 2.43. The van der Waals surface area contributed by atoms with E-state index in [1.807, 2.05) is 13.8 Å². The Bertz CT molecular complexity index is 1310. The van der Waals surface area contributed by atoms with Crippen molar-refractivity contribution >= 4 is 23.1 Å². The second-order valence-corrected chi connectivity index (χ2v) is 8.57. The third-order valence-electron chi connectivity index (χ3n) is 5.77. The number of aliphatic hydroxyl groups excluding tert-OH is 1. The molecule has 4 rings (SSSR count). The molecule has 1 amide bonds. The highest BCUT2D eigenvalue weighted by atomic mass is 19.1. The average Bonchev–Trinajstić information content (AvgIpc) is 3.11. The molecular weight excluding hydrogens is 449 g/mol. The highest BCUT2D eigenvalue weighted by molar-refractivity contribution is 6.51. The van der Waals surface area contributed by atoms with Gasteiger partial charge in [-0.15, -0.1) is 0 Å². The summed E-state index contributed by atoms with van der Waals surface area (Å²) in [6.45, 7) is 5.38. The van der Waals surface area contributed by atoms with E-state index in [0.717, 1.165) is 0 Å². The minimum atomic E-state index is -0.924. The van der Waals surface area contributed by atoms with Crippen molar-refractivity contribution in [1.29, 1.82) is 0 Å². The van der Waals surface area contributed by atoms with Gasteiger partial charge in [0.1, 0.15) is 23.1 Å². The minimum Gasteiger partial charge on any atom is -0.507 e. The largest absolute Gasteiger partial charge is 0.507 e. The fourth-order valence-corrected chi connectivity index (χ4v) is 4.13. The number of amides is 1. The lowest BCUT2D eigenvalue weighted by molar-refractivity contribution is -0.132. The van der Waals surface area contributed by atoms with Crippen molar-refractivity contribution in [3.05, 3.63) is 94.8 Å². The Morgan fingerprint density at radius 1 is 1.00 bits per heavy atom. The van der Waals surface area contributed by atoms with Gasteiger partial charge in [-0.05, 0) is 86.5 Å². The quantitative estimate of drug-likeness (QED) is 0.287. The molecule has 1 unspecified atom stereocenters. The number of aryl methyl sites for hydroxylation is 1. The van der Waals surface area contributed by atoms with E-state index in [1.54, 1.807) is 55.5 Å². The van der Waals surface area contributed by atoms with Gasteiger partial charge in [0.2, 0.25) is 0 Å². The molecule has 3 aromatic carbocycles. The van der Waals surface area contributed by atoms with E-state index in [1.165, 1.54) is 30.2 Å². The summed E-state index contributed by atoms with van der Waals surface area (Å²) in [6, 6.07) is 16.9. The van der Waals surface area contributed by atoms with Crippen molar-refractivity contribution in [2.75, 3.05) is 12.0 Å². The number of anilines is 1. The van der Waals surface area contributed by atoms with Crippen LogP contribution >= 0.6 is 0 Å². The SMILES string of the molecule is COc1cccc(C2/C(=C(/O)c3ccc(F)c(C)c3)C(=O)C(=O)N2c2ccc(OC(C)C)cc2)c1. The van der Waals surface area contributed by atoms with E-state index < -0.39 is 23.5 Å². The Balaban J connectivity index is 1.89. The number of rotatable bonds is 6. The Kier molecular flexibility index (Phi) is 6.60. The molecule has 1 fully saturated rings. The van der Waals surface area contributed by atoms with Crippen molar-refractivity contribution < 1.29 is 28.6 Å². The number of hydrogen-bond acceptors (Lipinski definition) is 5. The summed E-state index contributed by atoms with van der Waals surface area (Å²) in [7, 11) is 1.52. The van der Waals surface area contributed by atoms with Crippen molar-refractivity contribution in [1.82, 2.24) is 0 Å². The first-order valence-corrected chi connectivity index (χ1v) is 11.2. The molecule has 180 valence electrons. The van der Waals surface area contributed by atoms with Crippen LogP contribution in [0.1, 0.15) is 36.6 Å². The van der Waals surface area contributed by atoms with Crippen LogP contribution in [0.2, 0.25) is 0 Å². The van der Waals surface area contributed by atoms with E-state index >= 15 is 0 Å². The Labute approximate surface area is 203 Å². The van der Waals surface area contributed by atoms with E-state index in [-0.39, 0.29) is 23.0 Å². The zero-order valence-corrected chi connectivity index (χ0v) is 19.9. The molecule has 1 N–H and O–H groups in total. The van der Waals surface area contributed by atoms with Crippen LogP contribution in [0, 0.1) is 12.7 Å². The van der Waals surface area contributed by atoms with Crippen LogP contribution in [0.4, 0.5) is 10.1 Å². The second kappa shape index (κ2) is 9.62. The number of halogens is 1. The van der Waals surface area contributed by atoms with E-state index in [4.69, 9.17) is 9.47 Å². The number of aliphatic hydroxyl groups is 1. The van der Waals surface area contributed by atoms with Crippen LogP contribution in [0.3, 0.4) is 0 Å². The topological polar surface area (TPSA) is 76.1 Å². The molecule has 3 aromatic rings. The van der Waals surface area contributed by atoms with Gasteiger partial charge in [0, 0.05) is 11.3 Å². The molecule has 6 nitrogen and oxygen atoms in total. The number of carbonyl (C=O) groups is 2. The second-order valence-electron chi connectivity index (χ2n) is 8.57. The van der Waals surface area contributed by atoms with Crippen LogP contribution in [0.5, 0.6) is 11.5 Å². The van der Waals surface area contributed by atoms with Gasteiger partial charge in [0.05, 0.1) is 24.8 Å². The Hall–Kier alpha value is -4.13. The standard InChI is InChI=1S/C28H26FNO5/c1-16(2)35-21-11-9-20(10-12-21)30-25(18-6-5-7-22(15-18)34-4)24(27(32)28(30)33)26(31)19-8-13-23(29)17(3)14-19/h5-16,25,31H,1-4H3/b26-24-. The Morgan fingerprint density at radius 2 is 1.71 bits per heavy atom. The molecule has 0 aliphatic carbocycles. The van der Waals surface area contributed by atoms with Crippen LogP contribution < -0.4 is 14.4 Å². The predicted octanol–water partition coefficient (Wildman–Crippen LogP) is 5.56. The average molecular weight is 476 g/mol. The Morgan fingerprint density at radius 3 is 2.34 bits per heavy atom. The van der Waals surface area contributed by atoms with Crippen molar-refractivity contribution in [3.8, 4) is 11.5 Å². The molecule has 0 spiro atoms. The van der Waals surface area contributed by atoms with Gasteiger partial charge in [0.15, 0.2) is 0 Å². The number of benzene rings is 3. The zero-order valence-electron chi connectivity index (χ0n) is 19.9. The number of hydrogen-bond donors (Lipinski definition) is 1. The molecule has 1 saturated heterocycles. The van der Waals surface area contributed by atoms with Crippen LogP contribution in [-0.4, -0.2) is 30.0 Å². The fraction of sp³-hybridized carbons (Fsp3) is 0.214. The van der Waals surface area contributed by atoms with Crippen molar-refractivity contribution in [3.63, 3.8) is 0 Å². The van der Waals surface area contributed by atoms with E-state index in [9.17, 15) is 19.1 Å². The van der Waals surface area contributed by atoms with Crippen LogP contribution in [-0.2, 0) is 9.59 Å². The summed E-state index contributed by atoms with van der Waals surface area (Å²) in [4.78, 5) is 27.9. The van der Waals surface area contributed by atoms with E-state index in [2.05, 4.69) is 0 Å². The lowest BCUT2D eigenvalue weighted by Gasteiger charge is -2.26. The number of ether oxygens (including phenoxy) is 2. The van der Waals surface area contributed by atoms with Gasteiger partial charge >= 0.3 is 0 Å². The molecule has 1 aliphatic heterocycles. The molecule has 1 atom stereocenters. The van der Waals surface area contributed by atoms with E-state index in [0.29, 0.717) is 28.3 Å². The summed E-state index contributed by atoms with van der Waals surface area (Å²) in [6.07, 6.45) is -0.0222. The first kappa shape index (κ1) is 24.0. The number of methoxy groups -OCH3 is 1. The lowest BCUT2D eigenvalue weighted by atomic mass is 9.94.